The normalized spacial score (nSPS) is 6.91. The van der Waals surface area contributed by atoms with E-state index in [1.165, 1.54) is 12.1 Å². The van der Waals surface area contributed by atoms with Crippen molar-refractivity contribution in [3.8, 4) is 6.07 Å². The number of rotatable bonds is 0. The molecule has 0 unspecified atom stereocenters. The Morgan fingerprint density at radius 1 is 1.18 bits per heavy atom. The van der Waals surface area contributed by atoms with Gasteiger partial charge in [0.05, 0.1) is 5.56 Å². The molecule has 0 fully saturated rings. The first-order valence-corrected chi connectivity index (χ1v) is 2.49. The molecule has 0 aliphatic carbocycles. The topological polar surface area (TPSA) is 23.8 Å². The van der Waals surface area contributed by atoms with E-state index in [9.17, 15) is 4.39 Å². The lowest BCUT2D eigenvalue weighted by molar-refractivity contribution is 0.624. The van der Waals surface area contributed by atoms with Crippen LogP contribution in [0.5, 0.6) is 0 Å². The third-order valence-corrected chi connectivity index (χ3v) is 0.994. The summed E-state index contributed by atoms with van der Waals surface area (Å²) in [6.45, 7) is 0. The molecule has 1 rings (SSSR count). The van der Waals surface area contributed by atoms with Gasteiger partial charge in [0, 0.05) is 0 Å². The number of nitrogens with zero attached hydrogens (tertiary/aromatic N) is 1. The van der Waals surface area contributed by atoms with E-state index in [-0.39, 0.29) is 30.4 Å². The summed E-state index contributed by atoms with van der Waals surface area (Å²) in [7, 11) is 0. The molecule has 1 aromatic carbocycles. The number of halogens is 3. The summed E-state index contributed by atoms with van der Waals surface area (Å²) >= 11 is 0. The first kappa shape index (κ1) is 12.9. The van der Waals surface area contributed by atoms with Crippen molar-refractivity contribution in [3.05, 3.63) is 35.6 Å². The Labute approximate surface area is 76.7 Å². The molecule has 0 spiro atoms. The van der Waals surface area contributed by atoms with Crippen LogP contribution >= 0.6 is 24.8 Å². The van der Waals surface area contributed by atoms with E-state index in [0.29, 0.717) is 0 Å². The summed E-state index contributed by atoms with van der Waals surface area (Å²) in [6, 6.07) is 7.60. The predicted octanol–water partition coefficient (Wildman–Crippen LogP) is 2.54. The highest BCUT2D eigenvalue weighted by Gasteiger charge is 1.94. The van der Waals surface area contributed by atoms with Gasteiger partial charge >= 0.3 is 0 Å². The molecule has 1 nitrogen and oxygen atoms in total. The van der Waals surface area contributed by atoms with Crippen LogP contribution < -0.4 is 0 Å². The Kier molecular flexibility index (Phi) is 6.97. The maximum absolute atomic E-state index is 12.4. The number of nitriles is 1. The highest BCUT2D eigenvalue weighted by atomic mass is 35.5. The second-order valence-corrected chi connectivity index (χ2v) is 1.59. The Balaban J connectivity index is 0. The molecule has 0 saturated heterocycles. The monoisotopic (exact) mass is 193 g/mol. The molecule has 0 aliphatic heterocycles. The van der Waals surface area contributed by atoms with Crippen LogP contribution in [0, 0.1) is 17.1 Å². The molecule has 0 aliphatic rings. The fraction of sp³-hybridized carbons (Fsp3) is 0. The fourth-order valence-corrected chi connectivity index (χ4v) is 0.552. The van der Waals surface area contributed by atoms with E-state index >= 15 is 0 Å². The summed E-state index contributed by atoms with van der Waals surface area (Å²) < 4.78 is 12.4. The van der Waals surface area contributed by atoms with Crippen molar-refractivity contribution in [3.63, 3.8) is 0 Å². The molecule has 60 valence electrons. The standard InChI is InChI=1S/C7H4FN.2ClH/c8-7-4-2-1-3-6(7)5-9;;/h1-4H;2*1H. The van der Waals surface area contributed by atoms with Crippen molar-refractivity contribution < 1.29 is 4.39 Å². The van der Waals surface area contributed by atoms with Crippen LogP contribution in [0.4, 0.5) is 4.39 Å². The Bertz CT molecular complexity index is 257. The maximum atomic E-state index is 12.4. The Morgan fingerprint density at radius 3 is 2.09 bits per heavy atom. The van der Waals surface area contributed by atoms with Gasteiger partial charge in [-0.25, -0.2) is 4.39 Å². The van der Waals surface area contributed by atoms with Crippen LogP contribution in [-0.4, -0.2) is 0 Å². The minimum absolute atomic E-state index is 0. The highest BCUT2D eigenvalue weighted by Crippen LogP contribution is 2.02. The van der Waals surface area contributed by atoms with Crippen LogP contribution in [0.15, 0.2) is 24.3 Å². The van der Waals surface area contributed by atoms with Crippen LogP contribution in [0.2, 0.25) is 0 Å². The summed E-state index contributed by atoms with van der Waals surface area (Å²) in [5.41, 5.74) is 0.0949. The van der Waals surface area contributed by atoms with Gasteiger partial charge in [-0.05, 0) is 12.1 Å². The van der Waals surface area contributed by atoms with E-state index in [4.69, 9.17) is 5.26 Å². The molecular formula is C7H6Cl2FN. The average molecular weight is 194 g/mol. The van der Waals surface area contributed by atoms with Gasteiger partial charge in [-0.15, -0.1) is 24.8 Å². The van der Waals surface area contributed by atoms with Crippen molar-refractivity contribution in [2.75, 3.05) is 0 Å². The second-order valence-electron chi connectivity index (χ2n) is 1.59. The largest absolute Gasteiger partial charge is 0.206 e. The van der Waals surface area contributed by atoms with Crippen LogP contribution in [0.25, 0.3) is 0 Å². The third kappa shape index (κ3) is 3.22. The second kappa shape index (κ2) is 5.96. The van der Waals surface area contributed by atoms with Crippen LogP contribution in [-0.2, 0) is 0 Å². The van der Waals surface area contributed by atoms with Crippen molar-refractivity contribution in [1.82, 2.24) is 0 Å². The Morgan fingerprint density at radius 2 is 1.73 bits per heavy atom. The molecule has 11 heavy (non-hydrogen) atoms. The lowest BCUT2D eigenvalue weighted by Crippen LogP contribution is -1.78. The molecule has 0 heterocycles. The summed E-state index contributed by atoms with van der Waals surface area (Å²) in [5.74, 6) is -0.458. The molecule has 0 bridgehead atoms. The SMILES string of the molecule is Cl.Cl.N#Cc1ccccc1F. The van der Waals surface area contributed by atoms with E-state index in [1.54, 1.807) is 18.2 Å². The zero-order valence-electron chi connectivity index (χ0n) is 5.45. The zero-order chi connectivity index (χ0) is 6.69. The quantitative estimate of drug-likeness (QED) is 0.622. The number of benzene rings is 1. The molecule has 0 saturated carbocycles. The first-order valence-electron chi connectivity index (χ1n) is 2.49. The average Bonchev–Trinajstić information content (AvgIpc) is 1.89. The molecule has 0 amide bonds. The van der Waals surface area contributed by atoms with Crippen molar-refractivity contribution in [2.45, 2.75) is 0 Å². The molecule has 0 N–H and O–H groups in total. The summed E-state index contributed by atoms with van der Waals surface area (Å²) in [4.78, 5) is 0. The minimum Gasteiger partial charge on any atom is -0.206 e. The summed E-state index contributed by atoms with van der Waals surface area (Å²) in [5, 5.41) is 8.23. The van der Waals surface area contributed by atoms with Gasteiger partial charge in [-0.1, -0.05) is 12.1 Å². The van der Waals surface area contributed by atoms with E-state index in [0.717, 1.165) is 0 Å². The van der Waals surface area contributed by atoms with Crippen molar-refractivity contribution >= 4 is 24.8 Å². The fourth-order valence-electron chi connectivity index (χ4n) is 0.552. The van der Waals surface area contributed by atoms with Crippen molar-refractivity contribution in [1.29, 1.82) is 5.26 Å². The smallest absolute Gasteiger partial charge is 0.140 e. The minimum atomic E-state index is -0.458. The van der Waals surface area contributed by atoms with Gasteiger partial charge in [0.15, 0.2) is 0 Å². The molecule has 0 atom stereocenters. The Hall–Kier alpha value is -0.780. The van der Waals surface area contributed by atoms with Crippen LogP contribution in [0.3, 0.4) is 0 Å². The number of hydrogen-bond donors (Lipinski definition) is 0. The highest BCUT2D eigenvalue weighted by molar-refractivity contribution is 5.85. The zero-order valence-corrected chi connectivity index (χ0v) is 7.08. The van der Waals surface area contributed by atoms with E-state index < -0.39 is 5.82 Å². The van der Waals surface area contributed by atoms with Gasteiger partial charge in [-0.3, -0.25) is 0 Å². The van der Waals surface area contributed by atoms with Crippen molar-refractivity contribution in [2.24, 2.45) is 0 Å². The molecule has 1 aromatic rings. The van der Waals surface area contributed by atoms with E-state index in [1.807, 2.05) is 0 Å². The van der Waals surface area contributed by atoms with Gasteiger partial charge in [0.2, 0.25) is 0 Å². The predicted molar refractivity (Wildman–Crippen MR) is 45.6 cm³/mol. The lowest BCUT2D eigenvalue weighted by Gasteiger charge is -1.86. The summed E-state index contributed by atoms with van der Waals surface area (Å²) in [6.07, 6.45) is 0. The van der Waals surface area contributed by atoms with Gasteiger partial charge in [-0.2, -0.15) is 5.26 Å². The lowest BCUT2D eigenvalue weighted by atomic mass is 10.2. The van der Waals surface area contributed by atoms with Gasteiger partial charge in [0.1, 0.15) is 11.9 Å². The molecule has 0 aromatic heterocycles. The molecular weight excluding hydrogens is 188 g/mol. The van der Waals surface area contributed by atoms with Crippen LogP contribution in [0.1, 0.15) is 5.56 Å². The van der Waals surface area contributed by atoms with Gasteiger partial charge in [0.25, 0.3) is 0 Å². The first-order chi connectivity index (χ1) is 4.34. The molecule has 4 heteroatoms. The van der Waals surface area contributed by atoms with E-state index in [2.05, 4.69) is 0 Å². The number of hydrogen-bond acceptors (Lipinski definition) is 1. The maximum Gasteiger partial charge on any atom is 0.140 e. The van der Waals surface area contributed by atoms with Gasteiger partial charge < -0.3 is 0 Å². The third-order valence-electron chi connectivity index (χ3n) is 0.994. The molecule has 0 radical (unpaired) electrons.